The van der Waals surface area contributed by atoms with E-state index in [9.17, 15) is 9.90 Å². The second kappa shape index (κ2) is 6.26. The van der Waals surface area contributed by atoms with E-state index in [1.54, 1.807) is 0 Å². The van der Waals surface area contributed by atoms with Gasteiger partial charge >= 0.3 is 0 Å². The Bertz CT molecular complexity index is 623. The number of fused-ring (bicyclic) bond motifs is 1. The zero-order valence-electron chi connectivity index (χ0n) is 12.0. The van der Waals surface area contributed by atoms with Crippen LogP contribution in [0, 0.1) is 0 Å². The molecule has 1 amide bonds. The summed E-state index contributed by atoms with van der Waals surface area (Å²) < 4.78 is 0. The van der Waals surface area contributed by atoms with E-state index in [0.717, 1.165) is 35.9 Å². The fourth-order valence-electron chi connectivity index (χ4n) is 3.04. The van der Waals surface area contributed by atoms with Gasteiger partial charge in [-0.1, -0.05) is 18.2 Å². The van der Waals surface area contributed by atoms with Gasteiger partial charge in [0.15, 0.2) is 0 Å². The molecule has 1 aliphatic rings. The average Bonchev–Trinajstić information content (AvgIpc) is 2.88. The summed E-state index contributed by atoms with van der Waals surface area (Å²) in [4.78, 5) is 12.0. The predicted molar refractivity (Wildman–Crippen MR) is 80.8 cm³/mol. The molecule has 0 bridgehead atoms. The number of aliphatic hydroxyl groups excluding tert-OH is 1. The van der Waals surface area contributed by atoms with Crippen molar-refractivity contribution in [3.8, 4) is 0 Å². The number of amides is 1. The quantitative estimate of drug-likeness (QED) is 0.804. The zero-order chi connectivity index (χ0) is 14.7. The molecule has 21 heavy (non-hydrogen) atoms. The third-order valence-electron chi connectivity index (χ3n) is 4.15. The van der Waals surface area contributed by atoms with Gasteiger partial charge in [0, 0.05) is 23.5 Å². The van der Waals surface area contributed by atoms with Crippen LogP contribution in [-0.4, -0.2) is 33.4 Å². The van der Waals surface area contributed by atoms with Gasteiger partial charge in [-0.2, -0.15) is 5.10 Å². The zero-order valence-corrected chi connectivity index (χ0v) is 12.0. The number of aryl methyl sites for hydroxylation is 1. The van der Waals surface area contributed by atoms with E-state index in [1.165, 1.54) is 0 Å². The molecule has 0 aliphatic heterocycles. The van der Waals surface area contributed by atoms with Gasteiger partial charge in [0.25, 0.3) is 0 Å². The first-order valence-electron chi connectivity index (χ1n) is 7.62. The van der Waals surface area contributed by atoms with Crippen molar-refractivity contribution in [1.29, 1.82) is 0 Å². The molecule has 1 heterocycles. The first-order valence-corrected chi connectivity index (χ1v) is 7.62. The molecule has 1 fully saturated rings. The number of aliphatic hydroxyl groups is 1. The summed E-state index contributed by atoms with van der Waals surface area (Å²) in [5.74, 6) is 0.0489. The fraction of sp³-hybridized carbons (Fsp3) is 0.500. The lowest BCUT2D eigenvalue weighted by Crippen LogP contribution is -2.39. The maximum atomic E-state index is 12.0. The van der Waals surface area contributed by atoms with Gasteiger partial charge in [-0.15, -0.1) is 0 Å². The van der Waals surface area contributed by atoms with Gasteiger partial charge in [-0.25, -0.2) is 0 Å². The molecule has 1 aromatic carbocycles. The number of H-pyrrole nitrogens is 1. The maximum Gasteiger partial charge on any atom is 0.220 e. The van der Waals surface area contributed by atoms with Crippen LogP contribution in [0.25, 0.3) is 10.9 Å². The van der Waals surface area contributed by atoms with Crippen LogP contribution in [0.2, 0.25) is 0 Å². The Kier molecular flexibility index (Phi) is 4.20. The first kappa shape index (κ1) is 14.1. The van der Waals surface area contributed by atoms with Crippen LogP contribution in [0.15, 0.2) is 24.3 Å². The van der Waals surface area contributed by atoms with Gasteiger partial charge in [0.1, 0.15) is 0 Å². The van der Waals surface area contributed by atoms with Crippen molar-refractivity contribution in [2.45, 2.75) is 50.7 Å². The van der Waals surface area contributed by atoms with Crippen LogP contribution < -0.4 is 5.32 Å². The minimum Gasteiger partial charge on any atom is -0.393 e. The van der Waals surface area contributed by atoms with Crippen molar-refractivity contribution >= 4 is 16.8 Å². The van der Waals surface area contributed by atoms with Crippen LogP contribution >= 0.6 is 0 Å². The Balaban J connectivity index is 1.54. The molecule has 1 aliphatic carbocycles. The number of aromatic nitrogens is 2. The van der Waals surface area contributed by atoms with Crippen LogP contribution in [0.1, 0.15) is 37.8 Å². The molecule has 112 valence electrons. The summed E-state index contributed by atoms with van der Waals surface area (Å²) >= 11 is 0. The smallest absolute Gasteiger partial charge is 0.220 e. The summed E-state index contributed by atoms with van der Waals surface area (Å²) in [5, 5.41) is 21.0. The number of aromatic amines is 1. The van der Waals surface area contributed by atoms with Crippen molar-refractivity contribution in [3.63, 3.8) is 0 Å². The third-order valence-corrected chi connectivity index (χ3v) is 4.15. The highest BCUT2D eigenvalue weighted by Gasteiger charge is 2.21. The largest absolute Gasteiger partial charge is 0.393 e. The van der Waals surface area contributed by atoms with Crippen LogP contribution in [0.4, 0.5) is 0 Å². The monoisotopic (exact) mass is 287 g/mol. The number of carbonyl (C=O) groups excluding carboxylic acids is 1. The molecule has 5 nitrogen and oxygen atoms in total. The molecule has 1 saturated carbocycles. The molecule has 5 heteroatoms. The van der Waals surface area contributed by atoms with Gasteiger partial charge < -0.3 is 10.4 Å². The summed E-state index contributed by atoms with van der Waals surface area (Å²) in [5.41, 5.74) is 1.94. The van der Waals surface area contributed by atoms with Crippen LogP contribution in [-0.2, 0) is 11.2 Å². The van der Waals surface area contributed by atoms with Gasteiger partial charge in [-0.05, 0) is 38.2 Å². The first-order chi connectivity index (χ1) is 10.2. The minimum atomic E-state index is -0.263. The predicted octanol–water partition coefficient (Wildman–Crippen LogP) is 1.92. The SMILES string of the molecule is O=C(CCc1[nH]nc2ccccc12)NC1CCCC(O)C1. The highest BCUT2D eigenvalue weighted by molar-refractivity contribution is 5.82. The number of nitrogens with one attached hydrogen (secondary N) is 2. The van der Waals surface area contributed by atoms with E-state index in [0.29, 0.717) is 19.3 Å². The Morgan fingerprint density at radius 3 is 3.10 bits per heavy atom. The minimum absolute atomic E-state index is 0.0489. The summed E-state index contributed by atoms with van der Waals surface area (Å²) in [6.07, 6.45) is 4.32. The van der Waals surface area contributed by atoms with E-state index >= 15 is 0 Å². The molecule has 2 atom stereocenters. The van der Waals surface area contributed by atoms with E-state index in [-0.39, 0.29) is 18.1 Å². The molecule has 3 rings (SSSR count). The van der Waals surface area contributed by atoms with Crippen molar-refractivity contribution in [2.75, 3.05) is 0 Å². The fourth-order valence-corrected chi connectivity index (χ4v) is 3.04. The van der Waals surface area contributed by atoms with E-state index in [1.807, 2.05) is 24.3 Å². The van der Waals surface area contributed by atoms with Crippen molar-refractivity contribution < 1.29 is 9.90 Å². The third kappa shape index (κ3) is 3.42. The van der Waals surface area contributed by atoms with Crippen molar-refractivity contribution in [2.24, 2.45) is 0 Å². The number of para-hydroxylation sites is 1. The molecule has 2 aromatic rings. The Labute approximate surface area is 123 Å². The molecule has 0 radical (unpaired) electrons. The maximum absolute atomic E-state index is 12.0. The summed E-state index contributed by atoms with van der Waals surface area (Å²) in [6, 6.07) is 8.03. The van der Waals surface area contributed by atoms with E-state index in [2.05, 4.69) is 15.5 Å². The molecule has 2 unspecified atom stereocenters. The number of hydrogen-bond donors (Lipinski definition) is 3. The lowest BCUT2D eigenvalue weighted by Gasteiger charge is -2.26. The molecule has 3 N–H and O–H groups in total. The highest BCUT2D eigenvalue weighted by atomic mass is 16.3. The lowest BCUT2D eigenvalue weighted by molar-refractivity contribution is -0.122. The number of nitrogens with zero attached hydrogens (tertiary/aromatic N) is 1. The Morgan fingerprint density at radius 1 is 1.38 bits per heavy atom. The van der Waals surface area contributed by atoms with E-state index in [4.69, 9.17) is 0 Å². The lowest BCUT2D eigenvalue weighted by atomic mass is 9.93. The summed E-state index contributed by atoms with van der Waals surface area (Å²) in [7, 11) is 0. The standard InChI is InChI=1S/C16H21N3O2/c20-12-5-3-4-11(10-12)17-16(21)9-8-15-13-6-1-2-7-14(13)18-19-15/h1-2,6-7,11-12,20H,3-5,8-10H2,(H,17,21)(H,18,19). The Hall–Kier alpha value is -1.88. The molecular weight excluding hydrogens is 266 g/mol. The molecule has 0 spiro atoms. The number of hydrogen-bond acceptors (Lipinski definition) is 3. The van der Waals surface area contributed by atoms with E-state index < -0.39 is 0 Å². The highest BCUT2D eigenvalue weighted by Crippen LogP contribution is 2.19. The van der Waals surface area contributed by atoms with Crippen LogP contribution in [0.5, 0.6) is 0 Å². The van der Waals surface area contributed by atoms with Crippen molar-refractivity contribution in [1.82, 2.24) is 15.5 Å². The molecular formula is C16H21N3O2. The molecule has 1 aromatic heterocycles. The average molecular weight is 287 g/mol. The topological polar surface area (TPSA) is 78.0 Å². The van der Waals surface area contributed by atoms with Gasteiger partial charge in [0.2, 0.25) is 5.91 Å². The second-order valence-corrected chi connectivity index (χ2v) is 5.80. The van der Waals surface area contributed by atoms with Crippen LogP contribution in [0.3, 0.4) is 0 Å². The molecule has 0 saturated heterocycles. The summed E-state index contributed by atoms with van der Waals surface area (Å²) in [6.45, 7) is 0. The number of benzene rings is 1. The number of rotatable bonds is 4. The Morgan fingerprint density at radius 2 is 2.24 bits per heavy atom. The second-order valence-electron chi connectivity index (χ2n) is 5.80. The normalized spacial score (nSPS) is 22.3. The van der Waals surface area contributed by atoms with Gasteiger partial charge in [0.05, 0.1) is 11.6 Å². The van der Waals surface area contributed by atoms with Crippen molar-refractivity contribution in [3.05, 3.63) is 30.0 Å². The number of carbonyl (C=O) groups is 1. The van der Waals surface area contributed by atoms with Gasteiger partial charge in [-0.3, -0.25) is 9.89 Å².